The van der Waals surface area contributed by atoms with E-state index in [-0.39, 0.29) is 0 Å². The Balaban J connectivity index is 1.49. The number of fused-ring (bicyclic) bond motifs is 1. The number of nitrogen functional groups attached to an aromatic ring is 1. The van der Waals surface area contributed by atoms with Crippen LogP contribution in [-0.4, -0.2) is 38.2 Å². The van der Waals surface area contributed by atoms with Crippen LogP contribution in [0.1, 0.15) is 17.2 Å². The number of nitrogens with two attached hydrogens (primary N) is 1. The molecule has 0 aliphatic carbocycles. The Morgan fingerprint density at radius 3 is 2.82 bits per heavy atom. The molecule has 2 aromatic heterocycles. The molecule has 7 heteroatoms. The number of aliphatic hydroxyl groups is 1. The van der Waals surface area contributed by atoms with Gasteiger partial charge in [0, 0.05) is 24.0 Å². The largest absolute Gasteiger partial charge is 0.399 e. The highest BCUT2D eigenvalue weighted by atomic mass is 16.3. The standard InChI is InChI=1S/C15H18N6O/c16-13-4-1-11(2-5-13)7-8-17-9-14(22)12-3-6-15-18-19-20-21(15)10-12/h1-6,10,14,17,22H,7-9,16H2/t14-/m0/s1. The van der Waals surface area contributed by atoms with Gasteiger partial charge in [-0.1, -0.05) is 18.2 Å². The number of aliphatic hydroxyl groups excluding tert-OH is 1. The molecule has 114 valence electrons. The van der Waals surface area contributed by atoms with Crippen LogP contribution >= 0.6 is 0 Å². The van der Waals surface area contributed by atoms with Crippen LogP contribution in [-0.2, 0) is 6.42 Å². The number of tetrazole rings is 1. The van der Waals surface area contributed by atoms with E-state index in [0.717, 1.165) is 24.2 Å². The van der Waals surface area contributed by atoms with Gasteiger partial charge in [0.2, 0.25) is 0 Å². The second-order valence-electron chi connectivity index (χ2n) is 5.16. The Bertz CT molecular complexity index is 739. The van der Waals surface area contributed by atoms with E-state index >= 15 is 0 Å². The van der Waals surface area contributed by atoms with Crippen LogP contribution in [0.4, 0.5) is 5.69 Å². The van der Waals surface area contributed by atoms with E-state index in [1.165, 1.54) is 5.56 Å². The molecule has 0 aliphatic rings. The molecule has 3 aromatic rings. The van der Waals surface area contributed by atoms with Gasteiger partial charge < -0.3 is 16.2 Å². The minimum Gasteiger partial charge on any atom is -0.399 e. The van der Waals surface area contributed by atoms with Crippen LogP contribution in [0.3, 0.4) is 0 Å². The van der Waals surface area contributed by atoms with Crippen LogP contribution < -0.4 is 11.1 Å². The van der Waals surface area contributed by atoms with Crippen molar-refractivity contribution in [1.29, 1.82) is 0 Å². The molecule has 0 aliphatic heterocycles. The lowest BCUT2D eigenvalue weighted by atomic mass is 10.1. The average Bonchev–Trinajstić information content (AvgIpc) is 3.00. The van der Waals surface area contributed by atoms with Crippen molar-refractivity contribution in [3.63, 3.8) is 0 Å². The van der Waals surface area contributed by atoms with E-state index in [1.54, 1.807) is 16.8 Å². The summed E-state index contributed by atoms with van der Waals surface area (Å²) in [5.74, 6) is 0. The number of pyridine rings is 1. The molecule has 22 heavy (non-hydrogen) atoms. The van der Waals surface area contributed by atoms with E-state index in [4.69, 9.17) is 5.73 Å². The van der Waals surface area contributed by atoms with Crippen molar-refractivity contribution in [2.45, 2.75) is 12.5 Å². The van der Waals surface area contributed by atoms with Gasteiger partial charge in [-0.3, -0.25) is 0 Å². The molecule has 0 saturated heterocycles. The van der Waals surface area contributed by atoms with E-state index < -0.39 is 6.10 Å². The average molecular weight is 298 g/mol. The summed E-state index contributed by atoms with van der Waals surface area (Å²) < 4.78 is 1.55. The zero-order valence-corrected chi connectivity index (χ0v) is 12.1. The summed E-state index contributed by atoms with van der Waals surface area (Å²) in [4.78, 5) is 0. The van der Waals surface area contributed by atoms with Gasteiger partial charge in [0.1, 0.15) is 0 Å². The van der Waals surface area contributed by atoms with E-state index in [9.17, 15) is 5.11 Å². The summed E-state index contributed by atoms with van der Waals surface area (Å²) in [5.41, 5.74) is 9.07. The van der Waals surface area contributed by atoms with Gasteiger partial charge in [-0.2, -0.15) is 0 Å². The van der Waals surface area contributed by atoms with Gasteiger partial charge in [-0.15, -0.1) is 5.10 Å². The fraction of sp³-hybridized carbons (Fsp3) is 0.267. The molecule has 1 atom stereocenters. The highest BCUT2D eigenvalue weighted by Gasteiger charge is 2.08. The first-order valence-corrected chi connectivity index (χ1v) is 7.13. The zero-order chi connectivity index (χ0) is 15.4. The molecule has 1 aromatic carbocycles. The normalized spacial score (nSPS) is 12.6. The first-order chi connectivity index (χ1) is 10.7. The predicted octanol–water partition coefficient (Wildman–Crippen LogP) is 0.572. The van der Waals surface area contributed by atoms with Gasteiger partial charge in [0.25, 0.3) is 0 Å². The third-order valence-electron chi connectivity index (χ3n) is 3.51. The van der Waals surface area contributed by atoms with Crippen molar-refractivity contribution >= 4 is 11.3 Å². The second-order valence-corrected chi connectivity index (χ2v) is 5.16. The molecular formula is C15H18N6O. The fourth-order valence-electron chi connectivity index (χ4n) is 2.23. The Hall–Kier alpha value is -2.51. The maximum atomic E-state index is 10.2. The van der Waals surface area contributed by atoms with Crippen molar-refractivity contribution < 1.29 is 5.11 Å². The van der Waals surface area contributed by atoms with Gasteiger partial charge in [-0.05, 0) is 47.2 Å². The molecule has 0 fully saturated rings. The Labute approximate surface area is 127 Å². The summed E-state index contributed by atoms with van der Waals surface area (Å²) in [6.07, 6.45) is 2.03. The van der Waals surface area contributed by atoms with Crippen LogP contribution in [0, 0.1) is 0 Å². The molecule has 2 heterocycles. The lowest BCUT2D eigenvalue weighted by Crippen LogP contribution is -2.24. The van der Waals surface area contributed by atoms with Crippen LogP contribution in [0.5, 0.6) is 0 Å². The number of nitrogens with one attached hydrogen (secondary N) is 1. The molecule has 0 amide bonds. The van der Waals surface area contributed by atoms with E-state index in [1.807, 2.05) is 30.3 Å². The van der Waals surface area contributed by atoms with Crippen LogP contribution in [0.15, 0.2) is 42.6 Å². The lowest BCUT2D eigenvalue weighted by molar-refractivity contribution is 0.174. The molecule has 0 radical (unpaired) electrons. The smallest absolute Gasteiger partial charge is 0.179 e. The van der Waals surface area contributed by atoms with Crippen LogP contribution in [0.2, 0.25) is 0 Å². The summed E-state index contributed by atoms with van der Waals surface area (Å²) in [7, 11) is 0. The van der Waals surface area contributed by atoms with Gasteiger partial charge in [0.15, 0.2) is 5.65 Å². The Kier molecular flexibility index (Phi) is 4.27. The van der Waals surface area contributed by atoms with Gasteiger partial charge in [0.05, 0.1) is 6.10 Å². The fourth-order valence-corrected chi connectivity index (χ4v) is 2.23. The quantitative estimate of drug-likeness (QED) is 0.454. The van der Waals surface area contributed by atoms with Gasteiger partial charge in [-0.25, -0.2) is 4.52 Å². The minimum absolute atomic E-state index is 0.475. The number of rotatable bonds is 6. The number of aromatic nitrogens is 4. The molecule has 0 saturated carbocycles. The summed E-state index contributed by atoms with van der Waals surface area (Å²) in [6.45, 7) is 1.26. The van der Waals surface area contributed by atoms with Crippen molar-refractivity contribution in [3.8, 4) is 0 Å². The van der Waals surface area contributed by atoms with Crippen LogP contribution in [0.25, 0.3) is 5.65 Å². The molecule has 0 unspecified atom stereocenters. The number of anilines is 1. The number of benzene rings is 1. The van der Waals surface area contributed by atoms with Gasteiger partial charge >= 0.3 is 0 Å². The van der Waals surface area contributed by atoms with E-state index in [2.05, 4.69) is 20.8 Å². The summed E-state index contributed by atoms with van der Waals surface area (Å²) in [6, 6.07) is 11.4. The molecule has 7 nitrogen and oxygen atoms in total. The number of hydrogen-bond acceptors (Lipinski definition) is 6. The summed E-state index contributed by atoms with van der Waals surface area (Å²) >= 11 is 0. The van der Waals surface area contributed by atoms with Crippen molar-refractivity contribution in [2.75, 3.05) is 18.8 Å². The van der Waals surface area contributed by atoms with Crippen molar-refractivity contribution in [2.24, 2.45) is 0 Å². The molecule has 3 rings (SSSR count). The Morgan fingerprint density at radius 1 is 1.18 bits per heavy atom. The van der Waals surface area contributed by atoms with Crippen molar-refractivity contribution in [1.82, 2.24) is 25.4 Å². The third kappa shape index (κ3) is 3.38. The van der Waals surface area contributed by atoms with E-state index in [0.29, 0.717) is 12.2 Å². The third-order valence-corrected chi connectivity index (χ3v) is 3.51. The lowest BCUT2D eigenvalue weighted by Gasteiger charge is -2.12. The monoisotopic (exact) mass is 298 g/mol. The Morgan fingerprint density at radius 2 is 2.00 bits per heavy atom. The first-order valence-electron chi connectivity index (χ1n) is 7.13. The number of nitrogens with zero attached hydrogens (tertiary/aromatic N) is 4. The first kappa shape index (κ1) is 14.4. The topological polar surface area (TPSA) is 101 Å². The highest BCUT2D eigenvalue weighted by molar-refractivity contribution is 5.39. The zero-order valence-electron chi connectivity index (χ0n) is 12.1. The SMILES string of the molecule is Nc1ccc(CCNC[C@H](O)c2ccc3nnnn3c2)cc1. The maximum absolute atomic E-state index is 10.2. The molecule has 0 bridgehead atoms. The molecule has 0 spiro atoms. The minimum atomic E-state index is -0.597. The summed E-state index contributed by atoms with van der Waals surface area (Å²) in [5, 5.41) is 24.7. The predicted molar refractivity (Wildman–Crippen MR) is 83.2 cm³/mol. The maximum Gasteiger partial charge on any atom is 0.179 e. The molecule has 4 N–H and O–H groups in total. The second kappa shape index (κ2) is 6.50. The van der Waals surface area contributed by atoms with Crippen molar-refractivity contribution in [3.05, 3.63) is 53.7 Å². The molecular weight excluding hydrogens is 280 g/mol. The highest BCUT2D eigenvalue weighted by Crippen LogP contribution is 2.12. The number of hydrogen-bond donors (Lipinski definition) is 3.